The van der Waals surface area contributed by atoms with Crippen molar-refractivity contribution in [2.75, 3.05) is 23.8 Å². The first-order valence-electron chi connectivity index (χ1n) is 17.0. The zero-order valence-corrected chi connectivity index (χ0v) is 26.1. The van der Waals surface area contributed by atoms with Crippen LogP contribution in [0.3, 0.4) is 0 Å². The molecule has 0 bridgehead atoms. The van der Waals surface area contributed by atoms with E-state index < -0.39 is 0 Å². The monoisotopic (exact) mass is 576 g/mol. The van der Waals surface area contributed by atoms with Gasteiger partial charge in [0.2, 0.25) is 11.8 Å². The highest BCUT2D eigenvalue weighted by molar-refractivity contribution is 5.55. The van der Waals surface area contributed by atoms with Crippen molar-refractivity contribution < 1.29 is 9.47 Å². The third-order valence-corrected chi connectivity index (χ3v) is 8.74. The number of unbranched alkanes of at least 4 members (excludes halogenated alkanes) is 3. The van der Waals surface area contributed by atoms with Gasteiger partial charge in [0.15, 0.2) is 5.82 Å². The Balaban J connectivity index is 0.000000168. The molecule has 0 unspecified atom stereocenters. The van der Waals surface area contributed by atoms with E-state index in [1.54, 1.807) is 0 Å². The van der Waals surface area contributed by atoms with Gasteiger partial charge >= 0.3 is 0 Å². The van der Waals surface area contributed by atoms with Crippen LogP contribution in [0, 0.1) is 0 Å². The summed E-state index contributed by atoms with van der Waals surface area (Å²) in [5, 5.41) is 7.30. The van der Waals surface area contributed by atoms with E-state index >= 15 is 0 Å². The van der Waals surface area contributed by atoms with Crippen LogP contribution in [0.1, 0.15) is 133 Å². The topological polar surface area (TPSA) is 94.1 Å². The highest BCUT2D eigenvalue weighted by atomic mass is 16.5. The summed E-state index contributed by atoms with van der Waals surface area (Å²) in [5.74, 6) is 5.39. The molecule has 0 saturated heterocycles. The molecule has 0 radical (unpaired) electrons. The Hall–Kier alpha value is -2.90. The second kappa shape index (κ2) is 16.1. The standard InChI is InChI=1S/C17H27N3O.C17H25N3O/c2*1-2-3-4-11-15-19-16(18-13-8-5-6-9-13)14-10-7-12-21-17(14)20-15/h13H,2-12H2,1H3,(H,18,19,20);4,11,13H,2-3,5-10,12H2,1H3,(H,18,19,20)/b;11-4+. The van der Waals surface area contributed by atoms with Crippen LogP contribution >= 0.6 is 0 Å². The normalized spacial score (nSPS) is 18.5. The van der Waals surface area contributed by atoms with Gasteiger partial charge in [-0.1, -0.05) is 64.9 Å². The predicted molar refractivity (Wildman–Crippen MR) is 171 cm³/mol. The second-order valence-electron chi connectivity index (χ2n) is 12.3. The number of anilines is 2. The van der Waals surface area contributed by atoms with Crippen LogP contribution in [-0.2, 0) is 19.3 Å². The first-order valence-corrected chi connectivity index (χ1v) is 17.0. The number of aromatic nitrogens is 4. The van der Waals surface area contributed by atoms with Gasteiger partial charge in [0, 0.05) is 18.5 Å². The van der Waals surface area contributed by atoms with Gasteiger partial charge in [-0.3, -0.25) is 0 Å². The van der Waals surface area contributed by atoms with Gasteiger partial charge in [0.1, 0.15) is 17.5 Å². The predicted octanol–water partition coefficient (Wildman–Crippen LogP) is 7.86. The molecule has 2 saturated carbocycles. The molecule has 8 nitrogen and oxygen atoms in total. The van der Waals surface area contributed by atoms with Crippen LogP contribution in [0.2, 0.25) is 0 Å². The maximum atomic E-state index is 5.78. The molecule has 2 aliphatic carbocycles. The minimum absolute atomic E-state index is 0.568. The molecule has 6 rings (SSSR count). The summed E-state index contributed by atoms with van der Waals surface area (Å²) in [6.07, 6.45) is 25.5. The van der Waals surface area contributed by atoms with E-state index in [-0.39, 0.29) is 0 Å². The lowest BCUT2D eigenvalue weighted by Crippen LogP contribution is -2.21. The first-order chi connectivity index (χ1) is 20.7. The van der Waals surface area contributed by atoms with E-state index in [2.05, 4.69) is 40.5 Å². The Labute approximate surface area is 252 Å². The van der Waals surface area contributed by atoms with Crippen molar-refractivity contribution in [3.05, 3.63) is 28.9 Å². The van der Waals surface area contributed by atoms with E-state index in [1.807, 2.05) is 6.08 Å². The van der Waals surface area contributed by atoms with Crippen molar-refractivity contribution in [1.82, 2.24) is 19.9 Å². The van der Waals surface area contributed by atoms with Crippen molar-refractivity contribution in [1.29, 1.82) is 0 Å². The van der Waals surface area contributed by atoms with E-state index in [0.29, 0.717) is 12.1 Å². The quantitative estimate of drug-likeness (QED) is 0.261. The van der Waals surface area contributed by atoms with Crippen LogP contribution in [0.5, 0.6) is 11.8 Å². The van der Waals surface area contributed by atoms with Gasteiger partial charge in [0.05, 0.1) is 24.3 Å². The SMILES string of the molecule is CCC/C=C/c1nc(NC2CCCC2)c2c(n1)OCCC2.CCCCCc1nc(NC2CCCC2)c2c(n1)OCCC2. The van der Waals surface area contributed by atoms with Crippen LogP contribution in [0.25, 0.3) is 6.08 Å². The smallest absolute Gasteiger partial charge is 0.222 e. The lowest BCUT2D eigenvalue weighted by molar-refractivity contribution is 0.274. The van der Waals surface area contributed by atoms with Crippen molar-refractivity contribution in [3.63, 3.8) is 0 Å². The number of hydrogen-bond acceptors (Lipinski definition) is 8. The molecule has 4 aliphatic rings. The van der Waals surface area contributed by atoms with Crippen LogP contribution < -0.4 is 20.1 Å². The molecular formula is C34H52N6O2. The molecule has 2 aliphatic heterocycles. The largest absolute Gasteiger partial charge is 0.477 e. The lowest BCUT2D eigenvalue weighted by atomic mass is 10.1. The zero-order chi connectivity index (χ0) is 29.0. The fourth-order valence-corrected chi connectivity index (χ4v) is 6.35. The third-order valence-electron chi connectivity index (χ3n) is 8.74. The van der Waals surface area contributed by atoms with Gasteiger partial charge in [-0.25, -0.2) is 9.97 Å². The Morgan fingerprint density at radius 2 is 1.29 bits per heavy atom. The third kappa shape index (κ3) is 8.57. The first kappa shape index (κ1) is 30.6. The molecule has 42 heavy (non-hydrogen) atoms. The number of nitrogens with one attached hydrogen (secondary N) is 2. The van der Waals surface area contributed by atoms with E-state index in [9.17, 15) is 0 Å². The summed E-state index contributed by atoms with van der Waals surface area (Å²) in [5.41, 5.74) is 2.37. The van der Waals surface area contributed by atoms with Crippen molar-refractivity contribution in [3.8, 4) is 11.8 Å². The molecule has 2 aromatic rings. The van der Waals surface area contributed by atoms with Gasteiger partial charge in [-0.05, 0) is 70.3 Å². The molecule has 0 spiro atoms. The van der Waals surface area contributed by atoms with Crippen molar-refractivity contribution in [2.45, 2.75) is 142 Å². The highest BCUT2D eigenvalue weighted by Crippen LogP contribution is 2.32. The number of aryl methyl sites for hydroxylation is 1. The molecule has 2 fully saturated rings. The van der Waals surface area contributed by atoms with Gasteiger partial charge in [-0.15, -0.1) is 0 Å². The van der Waals surface area contributed by atoms with E-state index in [1.165, 1.54) is 75.3 Å². The molecule has 0 aromatic carbocycles. The zero-order valence-electron chi connectivity index (χ0n) is 26.1. The second-order valence-corrected chi connectivity index (χ2v) is 12.3. The molecule has 230 valence electrons. The number of nitrogens with zero attached hydrogens (tertiary/aromatic N) is 4. The number of rotatable bonds is 11. The Morgan fingerprint density at radius 3 is 1.88 bits per heavy atom. The number of fused-ring (bicyclic) bond motifs is 2. The number of allylic oxidation sites excluding steroid dienone is 1. The van der Waals surface area contributed by atoms with Crippen molar-refractivity contribution in [2.24, 2.45) is 0 Å². The van der Waals surface area contributed by atoms with E-state index in [4.69, 9.17) is 19.4 Å². The molecule has 0 atom stereocenters. The number of hydrogen-bond donors (Lipinski definition) is 2. The molecule has 4 heterocycles. The van der Waals surface area contributed by atoms with Crippen molar-refractivity contribution >= 4 is 17.7 Å². The van der Waals surface area contributed by atoms with Crippen LogP contribution in [0.4, 0.5) is 11.6 Å². The Kier molecular flexibility index (Phi) is 11.7. The summed E-state index contributed by atoms with van der Waals surface area (Å²) in [4.78, 5) is 18.8. The van der Waals surface area contributed by atoms with E-state index in [0.717, 1.165) is 99.6 Å². The Morgan fingerprint density at radius 1 is 0.690 bits per heavy atom. The van der Waals surface area contributed by atoms with Gasteiger partial charge < -0.3 is 20.1 Å². The molecule has 8 heteroatoms. The maximum Gasteiger partial charge on any atom is 0.222 e. The van der Waals surface area contributed by atoms with Gasteiger partial charge in [0.25, 0.3) is 0 Å². The number of ether oxygens (including phenoxy) is 2. The minimum Gasteiger partial charge on any atom is -0.477 e. The molecule has 2 N–H and O–H groups in total. The van der Waals surface area contributed by atoms with Gasteiger partial charge in [-0.2, -0.15) is 9.97 Å². The minimum atomic E-state index is 0.568. The molecular weight excluding hydrogens is 524 g/mol. The summed E-state index contributed by atoms with van der Waals surface area (Å²) < 4.78 is 11.5. The molecule has 0 amide bonds. The average Bonchev–Trinajstić information content (AvgIpc) is 3.73. The summed E-state index contributed by atoms with van der Waals surface area (Å²) in [7, 11) is 0. The average molecular weight is 577 g/mol. The Bertz CT molecular complexity index is 1160. The highest BCUT2D eigenvalue weighted by Gasteiger charge is 2.24. The summed E-state index contributed by atoms with van der Waals surface area (Å²) in [6, 6.07) is 1.16. The summed E-state index contributed by atoms with van der Waals surface area (Å²) >= 11 is 0. The van der Waals surface area contributed by atoms with Crippen LogP contribution in [0.15, 0.2) is 6.08 Å². The maximum absolute atomic E-state index is 5.78. The summed E-state index contributed by atoms with van der Waals surface area (Å²) in [6.45, 7) is 5.96. The molecule has 2 aromatic heterocycles. The van der Waals surface area contributed by atoms with Crippen LogP contribution in [-0.4, -0.2) is 45.2 Å². The fraction of sp³-hybridized carbons (Fsp3) is 0.706. The lowest BCUT2D eigenvalue weighted by Gasteiger charge is -2.22. The fourth-order valence-electron chi connectivity index (χ4n) is 6.35.